The van der Waals surface area contributed by atoms with E-state index < -0.39 is 12.2 Å². The number of methoxy groups -OCH3 is 1. The maximum absolute atomic E-state index is 13.0. The fraction of sp³-hybridized carbons (Fsp3) is 0.429. The van der Waals surface area contributed by atoms with E-state index in [-0.39, 0.29) is 30.2 Å². The Morgan fingerprint density at radius 2 is 1.97 bits per heavy atom. The minimum atomic E-state index is -0.554. The van der Waals surface area contributed by atoms with E-state index >= 15 is 0 Å². The van der Waals surface area contributed by atoms with E-state index in [4.69, 9.17) is 4.74 Å². The third-order valence-electron chi connectivity index (χ3n) is 5.47. The summed E-state index contributed by atoms with van der Waals surface area (Å²) >= 11 is 0. The molecule has 0 radical (unpaired) electrons. The molecule has 10 heteroatoms. The van der Waals surface area contributed by atoms with Gasteiger partial charge in [0.05, 0.1) is 18.7 Å². The van der Waals surface area contributed by atoms with Crippen LogP contribution in [0, 0.1) is 12.8 Å². The van der Waals surface area contributed by atoms with Gasteiger partial charge in [-0.3, -0.25) is 19.7 Å². The van der Waals surface area contributed by atoms with Crippen LogP contribution in [0.5, 0.6) is 5.75 Å². The second kappa shape index (κ2) is 8.38. The van der Waals surface area contributed by atoms with Crippen molar-refractivity contribution in [2.75, 3.05) is 23.9 Å². The number of hydrogen-bond donors (Lipinski definition) is 3. The minimum absolute atomic E-state index is 0.0164. The molecular formula is C21H26N6O4. The Morgan fingerprint density at radius 3 is 2.65 bits per heavy atom. The number of carbonyl (C=O) groups excluding carboxylic acids is 3. The molecule has 3 atom stereocenters. The lowest BCUT2D eigenvalue weighted by molar-refractivity contribution is -0.125. The largest absolute Gasteiger partial charge is 0.497 e. The molecule has 2 aromatic rings. The fourth-order valence-electron chi connectivity index (χ4n) is 3.92. The van der Waals surface area contributed by atoms with Gasteiger partial charge in [-0.2, -0.15) is 5.10 Å². The summed E-state index contributed by atoms with van der Waals surface area (Å²) in [7, 11) is 1.58. The van der Waals surface area contributed by atoms with Crippen molar-refractivity contribution in [3.8, 4) is 5.75 Å². The van der Waals surface area contributed by atoms with Crippen LogP contribution >= 0.6 is 0 Å². The van der Waals surface area contributed by atoms with Crippen molar-refractivity contribution in [3.05, 3.63) is 36.0 Å². The topological polar surface area (TPSA) is 118 Å². The minimum Gasteiger partial charge on any atom is -0.497 e. The van der Waals surface area contributed by atoms with E-state index in [2.05, 4.69) is 21.0 Å². The molecule has 164 valence electrons. The van der Waals surface area contributed by atoms with Crippen molar-refractivity contribution >= 4 is 29.2 Å². The van der Waals surface area contributed by atoms with E-state index in [1.165, 1.54) is 0 Å². The number of hydrogen-bond acceptors (Lipinski definition) is 6. The summed E-state index contributed by atoms with van der Waals surface area (Å²) in [5.74, 6) is 0.214. The molecule has 0 aliphatic carbocycles. The first-order valence-corrected chi connectivity index (χ1v) is 10.2. The summed E-state index contributed by atoms with van der Waals surface area (Å²) in [6.07, 6.45) is -0.0502. The van der Waals surface area contributed by atoms with Crippen molar-refractivity contribution < 1.29 is 19.1 Å². The Labute approximate surface area is 179 Å². The predicted octanol–water partition coefficient (Wildman–Crippen LogP) is 1.15. The number of nitrogens with one attached hydrogen (secondary N) is 3. The van der Waals surface area contributed by atoms with Gasteiger partial charge in [0, 0.05) is 37.2 Å². The van der Waals surface area contributed by atoms with Crippen molar-refractivity contribution in [1.82, 2.24) is 20.4 Å². The Hall–Kier alpha value is -3.40. The summed E-state index contributed by atoms with van der Waals surface area (Å²) in [5, 5.41) is 13.4. The number of amides is 3. The van der Waals surface area contributed by atoms with Gasteiger partial charge in [-0.25, -0.2) is 4.68 Å². The first kappa shape index (κ1) is 20.9. The number of aryl methyl sites for hydroxylation is 1. The highest BCUT2D eigenvalue weighted by atomic mass is 16.5. The maximum Gasteiger partial charge on any atom is 0.230 e. The van der Waals surface area contributed by atoms with E-state index in [1.54, 1.807) is 47.0 Å². The molecule has 31 heavy (non-hydrogen) atoms. The number of benzene rings is 1. The second-order valence-electron chi connectivity index (χ2n) is 7.95. The molecule has 1 aromatic heterocycles. The zero-order valence-electron chi connectivity index (χ0n) is 17.7. The lowest BCUT2D eigenvalue weighted by atomic mass is 10.1. The molecule has 2 aliphatic heterocycles. The molecule has 3 unspecified atom stereocenters. The zero-order chi connectivity index (χ0) is 22.1. The molecule has 2 aliphatic rings. The first-order valence-electron chi connectivity index (χ1n) is 10.2. The molecule has 1 aromatic carbocycles. The van der Waals surface area contributed by atoms with Gasteiger partial charge in [0.2, 0.25) is 17.7 Å². The van der Waals surface area contributed by atoms with Crippen LogP contribution in [0.25, 0.3) is 0 Å². The second-order valence-corrected chi connectivity index (χ2v) is 7.95. The number of rotatable bonds is 5. The Bertz CT molecular complexity index is 1000. The Kier molecular flexibility index (Phi) is 5.64. The van der Waals surface area contributed by atoms with E-state index in [1.807, 2.05) is 13.8 Å². The molecule has 10 nitrogen and oxygen atoms in total. The lowest BCUT2D eigenvalue weighted by Gasteiger charge is -2.30. The summed E-state index contributed by atoms with van der Waals surface area (Å²) in [6, 6.07) is 8.89. The molecule has 0 bridgehead atoms. The quantitative estimate of drug-likeness (QED) is 0.660. The predicted molar refractivity (Wildman–Crippen MR) is 113 cm³/mol. The average molecular weight is 426 g/mol. The molecule has 0 saturated carbocycles. The standard InChI is InChI=1S/C21H26N6O4/c1-12-9-18(28)24-21(22-12)27-17(8-13(2)25-27)23-20(30)14-10-19(29)26(11-14)15-4-6-16(31-3)7-5-15/h4-8,12,14,21-22H,9-11H2,1-3H3,(H,23,30)(H,24,28). The molecule has 3 N–H and O–H groups in total. The summed E-state index contributed by atoms with van der Waals surface area (Å²) in [5.41, 5.74) is 1.43. The third kappa shape index (κ3) is 4.38. The highest BCUT2D eigenvalue weighted by molar-refractivity contribution is 6.03. The Balaban J connectivity index is 1.46. The lowest BCUT2D eigenvalue weighted by Crippen LogP contribution is -2.52. The summed E-state index contributed by atoms with van der Waals surface area (Å²) in [6.45, 7) is 4.02. The number of ether oxygens (including phenoxy) is 1. The van der Waals surface area contributed by atoms with Crippen LogP contribution in [-0.2, 0) is 14.4 Å². The van der Waals surface area contributed by atoms with Gasteiger partial charge in [-0.15, -0.1) is 0 Å². The normalized spacial score (nSPS) is 23.6. The highest BCUT2D eigenvalue weighted by Gasteiger charge is 2.36. The highest BCUT2D eigenvalue weighted by Crippen LogP contribution is 2.28. The Morgan fingerprint density at radius 1 is 1.23 bits per heavy atom. The van der Waals surface area contributed by atoms with Gasteiger partial charge in [-0.1, -0.05) is 0 Å². The van der Waals surface area contributed by atoms with Crippen LogP contribution in [0.2, 0.25) is 0 Å². The van der Waals surface area contributed by atoms with Crippen LogP contribution in [0.4, 0.5) is 11.5 Å². The van der Waals surface area contributed by atoms with Crippen LogP contribution in [0.15, 0.2) is 30.3 Å². The molecule has 2 saturated heterocycles. The van der Waals surface area contributed by atoms with E-state index in [0.717, 1.165) is 5.69 Å². The van der Waals surface area contributed by atoms with Gasteiger partial charge in [0.15, 0.2) is 6.29 Å². The van der Waals surface area contributed by atoms with Crippen LogP contribution in [-0.4, -0.2) is 47.2 Å². The molecule has 3 amide bonds. The van der Waals surface area contributed by atoms with Crippen molar-refractivity contribution in [2.45, 2.75) is 39.0 Å². The molecule has 0 spiro atoms. The van der Waals surface area contributed by atoms with E-state index in [0.29, 0.717) is 30.2 Å². The number of aromatic nitrogens is 2. The first-order chi connectivity index (χ1) is 14.8. The van der Waals surface area contributed by atoms with Crippen LogP contribution in [0.3, 0.4) is 0 Å². The van der Waals surface area contributed by atoms with Crippen molar-refractivity contribution in [1.29, 1.82) is 0 Å². The number of nitrogens with zero attached hydrogens (tertiary/aromatic N) is 3. The fourth-order valence-corrected chi connectivity index (χ4v) is 3.92. The van der Waals surface area contributed by atoms with Crippen LogP contribution < -0.4 is 25.6 Å². The van der Waals surface area contributed by atoms with Crippen molar-refractivity contribution in [3.63, 3.8) is 0 Å². The summed E-state index contributed by atoms with van der Waals surface area (Å²) in [4.78, 5) is 39.0. The van der Waals surface area contributed by atoms with Gasteiger partial charge >= 0.3 is 0 Å². The smallest absolute Gasteiger partial charge is 0.230 e. The molecule has 2 fully saturated rings. The van der Waals surface area contributed by atoms with Gasteiger partial charge in [-0.05, 0) is 38.1 Å². The molecular weight excluding hydrogens is 400 g/mol. The third-order valence-corrected chi connectivity index (χ3v) is 5.47. The van der Waals surface area contributed by atoms with E-state index in [9.17, 15) is 14.4 Å². The maximum atomic E-state index is 13.0. The number of carbonyl (C=O) groups is 3. The molecule has 4 rings (SSSR count). The molecule has 3 heterocycles. The van der Waals surface area contributed by atoms with Crippen molar-refractivity contribution in [2.24, 2.45) is 5.92 Å². The van der Waals surface area contributed by atoms with Gasteiger partial charge in [0.25, 0.3) is 0 Å². The monoisotopic (exact) mass is 426 g/mol. The van der Waals surface area contributed by atoms with Crippen LogP contribution in [0.1, 0.15) is 31.7 Å². The summed E-state index contributed by atoms with van der Waals surface area (Å²) < 4.78 is 6.71. The zero-order valence-corrected chi connectivity index (χ0v) is 17.7. The van der Waals surface area contributed by atoms with Gasteiger partial charge in [0.1, 0.15) is 11.6 Å². The SMILES string of the molecule is COc1ccc(N2CC(C(=O)Nc3cc(C)nn3C3NC(=O)CC(C)N3)CC2=O)cc1. The number of anilines is 2. The average Bonchev–Trinajstić information content (AvgIpc) is 3.30. The van der Waals surface area contributed by atoms with Gasteiger partial charge < -0.3 is 20.3 Å².